The van der Waals surface area contributed by atoms with E-state index in [2.05, 4.69) is 16.8 Å². The maximum atomic E-state index is 12.7. The zero-order valence-corrected chi connectivity index (χ0v) is 14.6. The highest BCUT2D eigenvalue weighted by atomic mass is 16.2. The van der Waals surface area contributed by atoms with E-state index in [1.54, 1.807) is 0 Å². The van der Waals surface area contributed by atoms with Crippen LogP contribution in [-0.2, 0) is 9.59 Å². The van der Waals surface area contributed by atoms with Crippen molar-refractivity contribution in [3.63, 3.8) is 0 Å². The van der Waals surface area contributed by atoms with Crippen molar-refractivity contribution in [1.82, 2.24) is 19.6 Å². The molecule has 3 aliphatic heterocycles. The molecule has 0 aromatic heterocycles. The van der Waals surface area contributed by atoms with Gasteiger partial charge in [-0.25, -0.2) is 0 Å². The molecular formula is C17H30N4O2. The molecule has 6 heteroatoms. The fraction of sp³-hybridized carbons (Fsp3) is 0.882. The van der Waals surface area contributed by atoms with Crippen LogP contribution in [0.5, 0.6) is 0 Å². The van der Waals surface area contributed by atoms with E-state index in [4.69, 9.17) is 0 Å². The number of nitrogens with zero attached hydrogens (tertiary/aromatic N) is 4. The molecule has 0 radical (unpaired) electrons. The molecule has 0 aromatic carbocycles. The van der Waals surface area contributed by atoms with E-state index >= 15 is 0 Å². The Kier molecular flexibility index (Phi) is 4.92. The molecule has 0 aromatic rings. The summed E-state index contributed by atoms with van der Waals surface area (Å²) in [6.45, 7) is 6.83. The first-order chi connectivity index (χ1) is 11.0. The molecule has 2 amide bonds. The molecule has 0 aliphatic carbocycles. The van der Waals surface area contributed by atoms with Gasteiger partial charge < -0.3 is 14.7 Å². The van der Waals surface area contributed by atoms with E-state index in [1.165, 1.54) is 0 Å². The summed E-state index contributed by atoms with van der Waals surface area (Å²) in [7, 11) is 4.03. The van der Waals surface area contributed by atoms with Crippen molar-refractivity contribution in [3.05, 3.63) is 0 Å². The lowest BCUT2D eigenvalue weighted by molar-refractivity contribution is -0.144. The number of likely N-dealkylation sites (tertiary alicyclic amines) is 2. The second-order valence-electron chi connectivity index (χ2n) is 7.61. The predicted octanol–water partition coefficient (Wildman–Crippen LogP) is 0.0948. The standard InChI is InChI=1S/C17H30N4O2/c1-18-7-4-9-20(12-11-18)13-15(22)21-10-6-17(14-21)5-3-8-19(2)16(17)23/h3-14H2,1-2H3. The van der Waals surface area contributed by atoms with E-state index in [0.29, 0.717) is 13.1 Å². The van der Waals surface area contributed by atoms with Gasteiger partial charge in [0, 0.05) is 39.8 Å². The minimum Gasteiger partial charge on any atom is -0.345 e. The van der Waals surface area contributed by atoms with Crippen LogP contribution in [-0.4, -0.2) is 97.9 Å². The Morgan fingerprint density at radius 1 is 1.00 bits per heavy atom. The monoisotopic (exact) mass is 322 g/mol. The van der Waals surface area contributed by atoms with Crippen LogP contribution in [0.15, 0.2) is 0 Å². The first-order valence-electron chi connectivity index (χ1n) is 8.94. The molecule has 6 nitrogen and oxygen atoms in total. The molecule has 1 spiro atoms. The SMILES string of the molecule is CN1CCCN(CC(=O)N2CCC3(CCCN(C)C3=O)C2)CC1. The van der Waals surface area contributed by atoms with Crippen molar-refractivity contribution in [2.24, 2.45) is 5.41 Å². The highest BCUT2D eigenvalue weighted by molar-refractivity contribution is 5.86. The van der Waals surface area contributed by atoms with Gasteiger partial charge in [-0.15, -0.1) is 0 Å². The van der Waals surface area contributed by atoms with Crippen LogP contribution in [0.3, 0.4) is 0 Å². The fourth-order valence-electron chi connectivity index (χ4n) is 4.28. The van der Waals surface area contributed by atoms with Crippen LogP contribution in [0.25, 0.3) is 0 Å². The van der Waals surface area contributed by atoms with Crippen LogP contribution in [0.1, 0.15) is 25.7 Å². The lowest BCUT2D eigenvalue weighted by atomic mass is 9.78. The van der Waals surface area contributed by atoms with E-state index in [-0.39, 0.29) is 17.2 Å². The molecule has 3 rings (SSSR count). The van der Waals surface area contributed by atoms with Gasteiger partial charge in [0.05, 0.1) is 12.0 Å². The van der Waals surface area contributed by atoms with E-state index in [1.807, 2.05) is 16.8 Å². The van der Waals surface area contributed by atoms with Crippen molar-refractivity contribution in [2.75, 3.05) is 66.5 Å². The quantitative estimate of drug-likeness (QED) is 0.723. The van der Waals surface area contributed by atoms with E-state index in [0.717, 1.165) is 65.0 Å². The number of carbonyl (C=O) groups excluding carboxylic acids is 2. The number of piperidine rings is 1. The Labute approximate surface area is 139 Å². The molecule has 0 bridgehead atoms. The van der Waals surface area contributed by atoms with Gasteiger partial charge in [0.1, 0.15) is 0 Å². The average Bonchev–Trinajstić information content (AvgIpc) is 2.85. The molecular weight excluding hydrogens is 292 g/mol. The summed E-state index contributed by atoms with van der Waals surface area (Å²) in [5.41, 5.74) is -0.290. The van der Waals surface area contributed by atoms with Gasteiger partial charge in [-0.1, -0.05) is 0 Å². The van der Waals surface area contributed by atoms with Crippen molar-refractivity contribution < 1.29 is 9.59 Å². The lowest BCUT2D eigenvalue weighted by Crippen LogP contribution is -2.49. The van der Waals surface area contributed by atoms with Gasteiger partial charge in [-0.05, 0) is 45.8 Å². The molecule has 3 aliphatic rings. The maximum Gasteiger partial charge on any atom is 0.236 e. The number of carbonyl (C=O) groups is 2. The molecule has 3 fully saturated rings. The van der Waals surface area contributed by atoms with Gasteiger partial charge in [-0.3, -0.25) is 14.5 Å². The maximum absolute atomic E-state index is 12.7. The summed E-state index contributed by atoms with van der Waals surface area (Å²) in [6, 6.07) is 0. The Bertz CT molecular complexity index is 470. The van der Waals surface area contributed by atoms with Crippen LogP contribution in [0, 0.1) is 5.41 Å². The first kappa shape index (κ1) is 16.7. The molecule has 1 unspecified atom stereocenters. The lowest BCUT2D eigenvalue weighted by Gasteiger charge is -2.37. The molecule has 3 saturated heterocycles. The van der Waals surface area contributed by atoms with Gasteiger partial charge in [-0.2, -0.15) is 0 Å². The summed E-state index contributed by atoms with van der Waals surface area (Å²) in [4.78, 5) is 33.6. The summed E-state index contributed by atoms with van der Waals surface area (Å²) >= 11 is 0. The van der Waals surface area contributed by atoms with Crippen molar-refractivity contribution in [2.45, 2.75) is 25.7 Å². The number of amides is 2. The zero-order chi connectivity index (χ0) is 16.4. The van der Waals surface area contributed by atoms with Gasteiger partial charge >= 0.3 is 0 Å². The number of hydrogen-bond acceptors (Lipinski definition) is 4. The molecule has 1 atom stereocenters. The van der Waals surface area contributed by atoms with E-state index in [9.17, 15) is 9.59 Å². The topological polar surface area (TPSA) is 47.1 Å². The Morgan fingerprint density at radius 2 is 1.83 bits per heavy atom. The van der Waals surface area contributed by atoms with Crippen LogP contribution >= 0.6 is 0 Å². The van der Waals surface area contributed by atoms with Crippen LogP contribution in [0.2, 0.25) is 0 Å². The summed E-state index contributed by atoms with van der Waals surface area (Å²) < 4.78 is 0. The fourth-order valence-corrected chi connectivity index (χ4v) is 4.28. The highest BCUT2D eigenvalue weighted by Crippen LogP contribution is 2.39. The van der Waals surface area contributed by atoms with Gasteiger partial charge in [0.15, 0.2) is 0 Å². The molecule has 0 saturated carbocycles. The summed E-state index contributed by atoms with van der Waals surface area (Å²) in [5, 5.41) is 0. The van der Waals surface area contributed by atoms with Gasteiger partial charge in [0.2, 0.25) is 11.8 Å². The van der Waals surface area contributed by atoms with Crippen molar-refractivity contribution >= 4 is 11.8 Å². The average molecular weight is 322 g/mol. The Balaban J connectivity index is 1.56. The second kappa shape index (κ2) is 6.77. The van der Waals surface area contributed by atoms with E-state index < -0.39 is 0 Å². The molecule has 3 heterocycles. The van der Waals surface area contributed by atoms with Crippen molar-refractivity contribution in [1.29, 1.82) is 0 Å². The molecule has 23 heavy (non-hydrogen) atoms. The smallest absolute Gasteiger partial charge is 0.236 e. The predicted molar refractivity (Wildman–Crippen MR) is 89.1 cm³/mol. The molecule has 130 valence electrons. The summed E-state index contributed by atoms with van der Waals surface area (Å²) in [5.74, 6) is 0.447. The van der Waals surface area contributed by atoms with Crippen LogP contribution < -0.4 is 0 Å². The summed E-state index contributed by atoms with van der Waals surface area (Å²) in [6.07, 6.45) is 3.96. The largest absolute Gasteiger partial charge is 0.345 e. The third-order valence-electron chi connectivity index (χ3n) is 5.83. The normalized spacial score (nSPS) is 31.0. The van der Waals surface area contributed by atoms with Crippen molar-refractivity contribution in [3.8, 4) is 0 Å². The van der Waals surface area contributed by atoms with Gasteiger partial charge in [0.25, 0.3) is 0 Å². The minimum absolute atomic E-state index is 0.201. The Morgan fingerprint density at radius 3 is 2.65 bits per heavy atom. The third kappa shape index (κ3) is 3.53. The molecule has 0 N–H and O–H groups in total. The number of rotatable bonds is 2. The first-order valence-corrected chi connectivity index (χ1v) is 8.94. The number of likely N-dealkylation sites (N-methyl/N-ethyl adjacent to an activating group) is 1. The third-order valence-corrected chi connectivity index (χ3v) is 5.83. The number of hydrogen-bond donors (Lipinski definition) is 0. The minimum atomic E-state index is -0.290. The Hall–Kier alpha value is -1.14. The van der Waals surface area contributed by atoms with Crippen LogP contribution in [0.4, 0.5) is 0 Å². The second-order valence-corrected chi connectivity index (χ2v) is 7.61. The highest BCUT2D eigenvalue weighted by Gasteiger charge is 2.48. The zero-order valence-electron chi connectivity index (χ0n) is 14.6.